The third-order valence-corrected chi connectivity index (χ3v) is 5.31. The summed E-state index contributed by atoms with van der Waals surface area (Å²) in [5.41, 5.74) is 3.03. The van der Waals surface area contributed by atoms with Crippen LogP contribution >= 0.6 is 0 Å². The molecule has 1 aliphatic heterocycles. The number of halogens is 2. The predicted octanol–water partition coefficient (Wildman–Crippen LogP) is 5.30. The average Bonchev–Trinajstić information content (AvgIpc) is 3.13. The van der Waals surface area contributed by atoms with Gasteiger partial charge in [0.15, 0.2) is 11.5 Å². The van der Waals surface area contributed by atoms with Crippen LogP contribution in [0.2, 0.25) is 0 Å². The van der Waals surface area contributed by atoms with Crippen molar-refractivity contribution < 1.29 is 32.6 Å². The molecule has 3 aromatic rings. The van der Waals surface area contributed by atoms with E-state index in [-0.39, 0.29) is 24.0 Å². The third kappa shape index (κ3) is 4.83. The van der Waals surface area contributed by atoms with E-state index in [2.05, 4.69) is 19.8 Å². The first-order chi connectivity index (χ1) is 16.2. The number of benzene rings is 2. The van der Waals surface area contributed by atoms with Crippen LogP contribution in [0, 0.1) is 6.92 Å². The van der Waals surface area contributed by atoms with Gasteiger partial charge in [0.25, 0.3) is 0 Å². The molecular weight excluding hydrogens is 446 g/mol. The lowest BCUT2D eigenvalue weighted by atomic mass is 10.00. The largest absolute Gasteiger partial charge is 0.586 e. The quantitative estimate of drug-likeness (QED) is 0.494. The van der Waals surface area contributed by atoms with E-state index in [9.17, 15) is 18.4 Å². The van der Waals surface area contributed by atoms with E-state index in [1.165, 1.54) is 18.2 Å². The Balaban J connectivity index is 1.53. The lowest BCUT2D eigenvalue weighted by Gasteiger charge is -2.14. The minimum Gasteiger partial charge on any atom is -0.462 e. The number of ether oxygens (including phenoxy) is 3. The van der Waals surface area contributed by atoms with Gasteiger partial charge in [0.2, 0.25) is 5.91 Å². The molecule has 1 amide bonds. The van der Waals surface area contributed by atoms with Crippen LogP contribution in [0.3, 0.4) is 0 Å². The number of pyridine rings is 1. The second-order valence-corrected chi connectivity index (χ2v) is 7.75. The molecule has 1 atom stereocenters. The molecule has 4 rings (SSSR count). The second kappa shape index (κ2) is 9.09. The molecule has 7 nitrogen and oxygen atoms in total. The lowest BCUT2D eigenvalue weighted by Crippen LogP contribution is -2.25. The summed E-state index contributed by atoms with van der Waals surface area (Å²) in [6.45, 7) is 5.52. The molecule has 0 saturated carbocycles. The number of nitrogens with one attached hydrogen (secondary N) is 1. The summed E-state index contributed by atoms with van der Waals surface area (Å²) in [4.78, 5) is 29.5. The maximum Gasteiger partial charge on any atom is 0.586 e. The summed E-state index contributed by atoms with van der Waals surface area (Å²) >= 11 is 0. The molecule has 1 unspecified atom stereocenters. The molecule has 1 aliphatic rings. The van der Waals surface area contributed by atoms with Gasteiger partial charge in [-0.25, -0.2) is 9.78 Å². The highest BCUT2D eigenvalue weighted by molar-refractivity contribution is 5.95. The molecule has 0 spiro atoms. The van der Waals surface area contributed by atoms with Crippen molar-refractivity contribution in [1.82, 2.24) is 4.98 Å². The number of carbonyl (C=O) groups is 2. The molecule has 0 radical (unpaired) electrons. The fraction of sp³-hybridized carbons (Fsp3) is 0.240. The van der Waals surface area contributed by atoms with Gasteiger partial charge in [0.05, 0.1) is 23.8 Å². The first kappa shape index (κ1) is 23.2. The van der Waals surface area contributed by atoms with Crippen molar-refractivity contribution in [1.29, 1.82) is 0 Å². The van der Waals surface area contributed by atoms with Gasteiger partial charge in [-0.3, -0.25) is 4.79 Å². The Kier molecular flexibility index (Phi) is 6.19. The predicted molar refractivity (Wildman–Crippen MR) is 120 cm³/mol. The van der Waals surface area contributed by atoms with Gasteiger partial charge in [0.1, 0.15) is 5.82 Å². The van der Waals surface area contributed by atoms with Crippen LogP contribution in [0.1, 0.15) is 41.3 Å². The van der Waals surface area contributed by atoms with Crippen molar-refractivity contribution in [2.75, 3.05) is 11.9 Å². The van der Waals surface area contributed by atoms with Gasteiger partial charge in [0, 0.05) is 5.56 Å². The molecule has 34 heavy (non-hydrogen) atoms. The smallest absolute Gasteiger partial charge is 0.462 e. The Bertz CT molecular complexity index is 1260. The Morgan fingerprint density at radius 2 is 1.85 bits per heavy atom. The molecule has 1 aromatic heterocycles. The van der Waals surface area contributed by atoms with Crippen molar-refractivity contribution in [3.63, 3.8) is 0 Å². The molecule has 0 bridgehead atoms. The Hall–Kier alpha value is -4.01. The molecule has 0 fully saturated rings. The van der Waals surface area contributed by atoms with E-state index in [0.717, 1.165) is 5.56 Å². The number of nitrogens with zero attached hydrogens (tertiary/aromatic N) is 1. The average molecular weight is 468 g/mol. The van der Waals surface area contributed by atoms with Crippen molar-refractivity contribution in [2.45, 2.75) is 33.0 Å². The van der Waals surface area contributed by atoms with Gasteiger partial charge in [-0.2, -0.15) is 0 Å². The van der Waals surface area contributed by atoms with E-state index >= 15 is 0 Å². The Morgan fingerprint density at radius 3 is 2.62 bits per heavy atom. The van der Waals surface area contributed by atoms with Crippen molar-refractivity contribution >= 4 is 17.7 Å². The summed E-state index contributed by atoms with van der Waals surface area (Å²) in [7, 11) is 0. The lowest BCUT2D eigenvalue weighted by molar-refractivity contribution is -0.286. The number of hydrogen-bond acceptors (Lipinski definition) is 6. The summed E-state index contributed by atoms with van der Waals surface area (Å²) in [5, 5.41) is 2.76. The van der Waals surface area contributed by atoms with Crippen molar-refractivity contribution in [3.8, 4) is 22.8 Å². The number of aryl methyl sites for hydroxylation is 1. The highest BCUT2D eigenvalue weighted by Crippen LogP contribution is 2.42. The molecule has 0 aliphatic carbocycles. The molecule has 2 heterocycles. The van der Waals surface area contributed by atoms with Gasteiger partial charge < -0.3 is 19.5 Å². The number of anilines is 1. The Morgan fingerprint density at radius 1 is 1.09 bits per heavy atom. The van der Waals surface area contributed by atoms with Gasteiger partial charge in [-0.1, -0.05) is 24.3 Å². The van der Waals surface area contributed by atoms with Gasteiger partial charge in [-0.15, -0.1) is 8.78 Å². The van der Waals surface area contributed by atoms with Crippen LogP contribution in [0.15, 0.2) is 54.6 Å². The highest BCUT2D eigenvalue weighted by Gasteiger charge is 2.43. The topological polar surface area (TPSA) is 86.8 Å². The molecule has 9 heteroatoms. The minimum absolute atomic E-state index is 0.0868. The first-order valence-electron chi connectivity index (χ1n) is 10.6. The molecule has 2 aromatic carbocycles. The first-order valence-corrected chi connectivity index (χ1v) is 10.6. The van der Waals surface area contributed by atoms with E-state index in [1.54, 1.807) is 38.1 Å². The third-order valence-electron chi connectivity index (χ3n) is 5.31. The maximum absolute atomic E-state index is 13.3. The molecule has 1 N–H and O–H groups in total. The summed E-state index contributed by atoms with van der Waals surface area (Å²) < 4.78 is 40.5. The number of fused-ring (bicyclic) bond motifs is 1. The fourth-order valence-corrected chi connectivity index (χ4v) is 3.52. The van der Waals surface area contributed by atoms with Gasteiger partial charge in [-0.05, 0) is 62.2 Å². The zero-order valence-corrected chi connectivity index (χ0v) is 18.7. The van der Waals surface area contributed by atoms with E-state index in [4.69, 9.17) is 4.74 Å². The molecule has 0 saturated heterocycles. The zero-order valence-electron chi connectivity index (χ0n) is 18.7. The molecule has 176 valence electrons. The number of rotatable bonds is 6. The number of carbonyl (C=O) groups excluding carboxylic acids is 2. The minimum atomic E-state index is -3.72. The summed E-state index contributed by atoms with van der Waals surface area (Å²) in [6.07, 6.45) is -3.72. The van der Waals surface area contributed by atoms with Crippen molar-refractivity contribution in [2.24, 2.45) is 0 Å². The normalized spacial score (nSPS) is 14.4. The van der Waals surface area contributed by atoms with E-state index < -0.39 is 18.2 Å². The summed E-state index contributed by atoms with van der Waals surface area (Å²) in [6, 6.07) is 14.6. The van der Waals surface area contributed by atoms with Crippen LogP contribution in [-0.4, -0.2) is 29.8 Å². The maximum atomic E-state index is 13.3. The van der Waals surface area contributed by atoms with Crippen molar-refractivity contribution in [3.05, 3.63) is 71.3 Å². The summed E-state index contributed by atoms with van der Waals surface area (Å²) in [5.74, 6) is -1.39. The highest BCUT2D eigenvalue weighted by atomic mass is 19.3. The van der Waals surface area contributed by atoms with E-state index in [0.29, 0.717) is 28.2 Å². The van der Waals surface area contributed by atoms with Crippen LogP contribution in [0.4, 0.5) is 14.6 Å². The van der Waals surface area contributed by atoms with Gasteiger partial charge >= 0.3 is 12.3 Å². The molecular formula is C25H22F2N2O5. The number of aromatic nitrogens is 1. The van der Waals surface area contributed by atoms with Crippen LogP contribution in [-0.2, 0) is 9.53 Å². The fourth-order valence-electron chi connectivity index (χ4n) is 3.52. The monoisotopic (exact) mass is 468 g/mol. The number of amides is 1. The van der Waals surface area contributed by atoms with E-state index in [1.807, 2.05) is 19.1 Å². The standard InChI is InChI=1S/C25H22F2N2O5/c1-4-32-24(31)18-7-5-6-17(12-18)22-14(2)8-11-21(28-22)29-23(30)15(3)16-9-10-19-20(13-16)34-25(26,27)33-19/h5-13,15H,4H2,1-3H3,(H,28,29,30). The number of esters is 1. The van der Waals surface area contributed by atoms with Crippen LogP contribution in [0.25, 0.3) is 11.3 Å². The zero-order chi connectivity index (χ0) is 24.5. The van der Waals surface area contributed by atoms with Crippen LogP contribution in [0.5, 0.6) is 11.5 Å². The second-order valence-electron chi connectivity index (χ2n) is 7.75. The number of alkyl halides is 2. The SMILES string of the molecule is CCOC(=O)c1cccc(-c2nc(NC(=O)C(C)c3ccc4c(c3)OC(F)(F)O4)ccc2C)c1. The number of hydrogen-bond donors (Lipinski definition) is 1. The van der Waals surface area contributed by atoms with Crippen LogP contribution < -0.4 is 14.8 Å². The Labute approximate surface area is 194 Å².